The summed E-state index contributed by atoms with van der Waals surface area (Å²) in [7, 11) is 0. The van der Waals surface area contributed by atoms with E-state index >= 15 is 0 Å². The molecule has 0 fully saturated rings. The fourth-order valence-corrected chi connectivity index (χ4v) is 5.20. The monoisotopic (exact) mass is 528 g/mol. The van der Waals surface area contributed by atoms with E-state index in [1.165, 1.54) is 5.56 Å². The number of carbonyl (C=O) groups excluding carboxylic acids is 1. The van der Waals surface area contributed by atoms with Gasteiger partial charge in [-0.15, -0.1) is 0 Å². The Morgan fingerprint density at radius 3 is 2.74 bits per heavy atom. The van der Waals surface area contributed by atoms with E-state index in [2.05, 4.69) is 68.5 Å². The normalized spacial score (nSPS) is 14.9. The quantitative estimate of drug-likeness (QED) is 0.336. The molecule has 0 spiro atoms. The second-order valence-corrected chi connectivity index (χ2v) is 10.1. The Hall–Kier alpha value is -3.63. The molecule has 1 aliphatic rings. The van der Waals surface area contributed by atoms with E-state index in [0.29, 0.717) is 25.7 Å². The first-order chi connectivity index (χ1) is 16.9. The zero-order valence-corrected chi connectivity index (χ0v) is 21.0. The highest BCUT2D eigenvalue weighted by Gasteiger charge is 2.22. The third kappa shape index (κ3) is 4.80. The summed E-state index contributed by atoms with van der Waals surface area (Å²) in [6.07, 6.45) is 3.05. The van der Waals surface area contributed by atoms with E-state index in [1.807, 2.05) is 18.2 Å². The van der Waals surface area contributed by atoms with Crippen LogP contribution < -0.4 is 10.9 Å². The van der Waals surface area contributed by atoms with Crippen molar-refractivity contribution in [1.29, 1.82) is 5.26 Å². The van der Waals surface area contributed by atoms with Gasteiger partial charge in [-0.3, -0.25) is 9.59 Å². The van der Waals surface area contributed by atoms with Gasteiger partial charge in [-0.2, -0.15) is 5.26 Å². The first-order valence-electron chi connectivity index (χ1n) is 11.7. The minimum atomic E-state index is -0.343. The predicted octanol–water partition coefficient (Wildman–Crippen LogP) is 5.07. The number of rotatable bonds is 5. The van der Waals surface area contributed by atoms with Crippen LogP contribution in [-0.4, -0.2) is 21.9 Å². The summed E-state index contributed by atoms with van der Waals surface area (Å²) in [5, 5.41) is 13.5. The molecule has 0 saturated carbocycles. The van der Waals surface area contributed by atoms with Crippen molar-refractivity contribution in [3.63, 3.8) is 0 Å². The summed E-state index contributed by atoms with van der Waals surface area (Å²) in [5.41, 5.74) is 7.10. The third-order valence-electron chi connectivity index (χ3n) is 6.71. The maximum atomic E-state index is 13.0. The van der Waals surface area contributed by atoms with Gasteiger partial charge >= 0.3 is 0 Å². The molecule has 0 bridgehead atoms. The maximum absolute atomic E-state index is 13.0. The van der Waals surface area contributed by atoms with E-state index < -0.39 is 0 Å². The molecule has 6 nitrogen and oxygen atoms in total. The lowest BCUT2D eigenvalue weighted by Gasteiger charge is -2.25. The Morgan fingerprint density at radius 1 is 1.17 bits per heavy atom. The molecule has 2 heterocycles. The smallest absolute Gasteiger partial charge is 0.266 e. The highest BCUT2D eigenvalue weighted by atomic mass is 79.9. The van der Waals surface area contributed by atoms with Crippen LogP contribution in [0.15, 0.2) is 57.8 Å². The molecule has 4 aromatic rings. The standard InChI is InChI=1S/C28H25BrN4O2/c1-16-2-9-25-23(12-16)22(27(32-25)17-3-5-20(29)6-4-17)8-11-26(34)31-21-7-10-24-18(14-21)13-19(15-30)28(35)33-24/h2-6,9,12-13,21,32H,7-8,10-11,14H2,1H3,(H,31,34)(H,33,35). The second kappa shape index (κ2) is 9.55. The molecule has 5 rings (SSSR count). The van der Waals surface area contributed by atoms with Crippen molar-refractivity contribution < 1.29 is 4.79 Å². The molecule has 2 aromatic carbocycles. The number of hydrogen-bond acceptors (Lipinski definition) is 3. The number of halogens is 1. The molecule has 3 N–H and O–H groups in total. The van der Waals surface area contributed by atoms with Crippen molar-refractivity contribution in [3.05, 3.63) is 91.3 Å². The largest absolute Gasteiger partial charge is 0.354 e. The number of aromatic amines is 2. The van der Waals surface area contributed by atoms with Gasteiger partial charge < -0.3 is 15.3 Å². The summed E-state index contributed by atoms with van der Waals surface area (Å²) in [4.78, 5) is 31.2. The molecule has 176 valence electrons. The third-order valence-corrected chi connectivity index (χ3v) is 7.24. The Morgan fingerprint density at radius 2 is 1.97 bits per heavy atom. The molecule has 1 unspecified atom stereocenters. The average molecular weight is 529 g/mol. The summed E-state index contributed by atoms with van der Waals surface area (Å²) in [6, 6.07) is 18.1. The van der Waals surface area contributed by atoms with Gasteiger partial charge in [0.05, 0.1) is 0 Å². The number of pyridine rings is 1. The van der Waals surface area contributed by atoms with Gasteiger partial charge in [-0.05, 0) is 79.6 Å². The zero-order valence-electron chi connectivity index (χ0n) is 19.4. The number of nitrogens with zero attached hydrogens (tertiary/aromatic N) is 1. The number of benzene rings is 2. The number of aryl methyl sites for hydroxylation is 3. The average Bonchev–Trinajstić information content (AvgIpc) is 3.20. The SMILES string of the molecule is Cc1ccc2[nH]c(-c3ccc(Br)cc3)c(CCC(=O)NC3CCc4[nH]c(=O)c(C#N)cc4C3)c2c1. The molecule has 1 atom stereocenters. The minimum Gasteiger partial charge on any atom is -0.354 e. The van der Waals surface area contributed by atoms with Crippen LogP contribution in [0, 0.1) is 18.3 Å². The van der Waals surface area contributed by atoms with Crippen molar-refractivity contribution >= 4 is 32.7 Å². The number of carbonyl (C=O) groups is 1. The Kier molecular flexibility index (Phi) is 6.31. The van der Waals surface area contributed by atoms with Gasteiger partial charge in [0, 0.05) is 39.2 Å². The van der Waals surface area contributed by atoms with Crippen molar-refractivity contribution in [2.24, 2.45) is 0 Å². The Bertz CT molecular complexity index is 1530. The molecular formula is C28H25BrN4O2. The van der Waals surface area contributed by atoms with Crippen molar-refractivity contribution in [3.8, 4) is 17.3 Å². The van der Waals surface area contributed by atoms with Crippen LogP contribution in [0.5, 0.6) is 0 Å². The van der Waals surface area contributed by atoms with Crippen LogP contribution in [0.1, 0.15) is 40.8 Å². The molecule has 2 aromatic heterocycles. The number of nitrogens with one attached hydrogen (secondary N) is 3. The highest BCUT2D eigenvalue weighted by Crippen LogP contribution is 2.32. The van der Waals surface area contributed by atoms with E-state index in [1.54, 1.807) is 6.07 Å². The number of fused-ring (bicyclic) bond motifs is 2. The summed E-state index contributed by atoms with van der Waals surface area (Å²) < 4.78 is 1.02. The van der Waals surface area contributed by atoms with Crippen LogP contribution >= 0.6 is 15.9 Å². The molecule has 1 amide bonds. The molecule has 0 saturated heterocycles. The Balaban J connectivity index is 1.33. The van der Waals surface area contributed by atoms with E-state index in [0.717, 1.165) is 49.9 Å². The van der Waals surface area contributed by atoms with E-state index in [-0.39, 0.29) is 23.1 Å². The predicted molar refractivity (Wildman–Crippen MR) is 140 cm³/mol. The van der Waals surface area contributed by atoms with Gasteiger partial charge in [-0.1, -0.05) is 39.7 Å². The molecule has 35 heavy (non-hydrogen) atoms. The molecule has 7 heteroatoms. The highest BCUT2D eigenvalue weighted by molar-refractivity contribution is 9.10. The van der Waals surface area contributed by atoms with Crippen molar-refractivity contribution in [2.45, 2.75) is 45.1 Å². The number of hydrogen-bond donors (Lipinski definition) is 3. The number of nitriles is 1. The van der Waals surface area contributed by atoms with Gasteiger partial charge in [-0.25, -0.2) is 0 Å². The number of amides is 1. The number of H-pyrrole nitrogens is 2. The van der Waals surface area contributed by atoms with Gasteiger partial charge in [0.2, 0.25) is 5.91 Å². The Labute approximate surface area is 211 Å². The van der Waals surface area contributed by atoms with E-state index in [9.17, 15) is 9.59 Å². The van der Waals surface area contributed by atoms with Crippen molar-refractivity contribution in [1.82, 2.24) is 15.3 Å². The minimum absolute atomic E-state index is 0.00661. The molecule has 1 aliphatic carbocycles. The fourth-order valence-electron chi connectivity index (χ4n) is 4.93. The topological polar surface area (TPSA) is 102 Å². The molecule has 0 radical (unpaired) electrons. The van der Waals surface area contributed by atoms with Crippen LogP contribution in [0.2, 0.25) is 0 Å². The first kappa shape index (κ1) is 23.1. The van der Waals surface area contributed by atoms with Crippen LogP contribution in [0.3, 0.4) is 0 Å². The lowest BCUT2D eigenvalue weighted by molar-refractivity contribution is -0.121. The van der Waals surface area contributed by atoms with Crippen LogP contribution in [-0.2, 0) is 24.1 Å². The number of aromatic nitrogens is 2. The zero-order chi connectivity index (χ0) is 24.5. The van der Waals surface area contributed by atoms with E-state index in [4.69, 9.17) is 5.26 Å². The lowest BCUT2D eigenvalue weighted by atomic mass is 9.91. The summed E-state index contributed by atoms with van der Waals surface area (Å²) in [6.45, 7) is 2.08. The van der Waals surface area contributed by atoms with Crippen LogP contribution in [0.4, 0.5) is 0 Å². The van der Waals surface area contributed by atoms with Crippen molar-refractivity contribution in [2.75, 3.05) is 0 Å². The lowest BCUT2D eigenvalue weighted by Crippen LogP contribution is -2.39. The summed E-state index contributed by atoms with van der Waals surface area (Å²) in [5.74, 6) is 0.00661. The molecular weight excluding hydrogens is 504 g/mol. The first-order valence-corrected chi connectivity index (χ1v) is 12.5. The second-order valence-electron chi connectivity index (χ2n) is 9.17. The fraction of sp³-hybridized carbons (Fsp3) is 0.250. The van der Waals surface area contributed by atoms with Gasteiger partial charge in [0.25, 0.3) is 5.56 Å². The van der Waals surface area contributed by atoms with Crippen LogP contribution in [0.25, 0.3) is 22.2 Å². The van der Waals surface area contributed by atoms with Gasteiger partial charge in [0.15, 0.2) is 0 Å². The maximum Gasteiger partial charge on any atom is 0.266 e. The van der Waals surface area contributed by atoms with Gasteiger partial charge in [0.1, 0.15) is 11.6 Å². The summed E-state index contributed by atoms with van der Waals surface area (Å²) >= 11 is 3.50. The molecule has 0 aliphatic heterocycles.